The largest absolute Gasteiger partial charge is 2.00 e. The molecule has 8 bridgehead atoms. The zero-order valence-electron chi connectivity index (χ0n) is 30.5. The topological polar surface area (TPSA) is 231 Å². The average molecular weight is 838 g/mol. The number of rotatable bonds is 10. The van der Waals surface area contributed by atoms with Crippen LogP contribution in [0.5, 0.6) is 0 Å². The number of esters is 1. The van der Waals surface area contributed by atoms with Gasteiger partial charge >= 0.3 is 26.4 Å². The number of aliphatic carboxylic acids is 1. The molecular weight excluding hydrogens is 797 g/mol. The number of carbonyl (C=O) groups is 2. The first kappa shape index (κ1) is 41.5. The number of carbonyl (C=O) groups excluding carboxylic acids is 2. The molecule has 0 radical (unpaired) electrons. The summed E-state index contributed by atoms with van der Waals surface area (Å²) in [6.45, 7) is 10.3. The molecule has 0 spiro atoms. The Hall–Kier alpha value is -4.23. The summed E-state index contributed by atoms with van der Waals surface area (Å²) in [5.41, 5.74) is 5.57. The molecule has 5 aliphatic rings. The zero-order valence-corrected chi connectivity index (χ0v) is 32.8. The van der Waals surface area contributed by atoms with E-state index in [9.17, 15) is 37.9 Å². The van der Waals surface area contributed by atoms with Gasteiger partial charge in [-0.05, 0) is 74.0 Å². The first-order valence-corrected chi connectivity index (χ1v) is 18.7. The third-order valence-electron chi connectivity index (χ3n) is 10.2. The summed E-state index contributed by atoms with van der Waals surface area (Å²) in [6, 6.07) is 0. The Balaban J connectivity index is 0.00000627. The summed E-state index contributed by atoms with van der Waals surface area (Å²) >= 11 is 0. The van der Waals surface area contributed by atoms with Crippen LogP contribution in [0.1, 0.15) is 67.2 Å². The van der Waals surface area contributed by atoms with Gasteiger partial charge in [-0.1, -0.05) is 27.7 Å². The van der Waals surface area contributed by atoms with Crippen molar-refractivity contribution in [2.75, 3.05) is 19.4 Å². The van der Waals surface area contributed by atoms with Crippen LogP contribution >= 0.6 is 0 Å². The Morgan fingerprint density at radius 2 is 1.64 bits per heavy atom. The fraction of sp³-hybridized carbons (Fsp3) is 0.459. The number of aliphatic imine (C=N–C) groups is 4. The second-order valence-corrected chi connectivity index (χ2v) is 15.0. The minimum atomic E-state index is -4.67. The molecule has 0 aliphatic carbocycles. The smallest absolute Gasteiger partial charge is 0.875 e. The van der Waals surface area contributed by atoms with Crippen molar-refractivity contribution in [1.82, 2.24) is 5.32 Å². The molecule has 4 atom stereocenters. The van der Waals surface area contributed by atoms with Gasteiger partial charge in [-0.3, -0.25) is 14.8 Å². The van der Waals surface area contributed by atoms with Gasteiger partial charge in [0.2, 0.25) is 0 Å². The number of carboxylic acids is 1. The van der Waals surface area contributed by atoms with Crippen LogP contribution in [0.25, 0.3) is 0 Å². The molecule has 0 saturated carbocycles. The van der Waals surface area contributed by atoms with E-state index < -0.39 is 58.5 Å². The van der Waals surface area contributed by atoms with E-state index in [1.165, 1.54) is 14.0 Å². The fourth-order valence-corrected chi connectivity index (χ4v) is 7.69. The molecule has 0 unspecified atom stereocenters. The summed E-state index contributed by atoms with van der Waals surface area (Å²) in [4.78, 5) is 43.4. The number of methoxy groups -OCH3 is 1. The first-order valence-electron chi connectivity index (χ1n) is 17.1. The molecule has 1 N–H and O–H groups in total. The molecule has 5 aliphatic heterocycles. The predicted molar refractivity (Wildman–Crippen MR) is 188 cm³/mol. The molecule has 1 saturated heterocycles. The van der Waals surface area contributed by atoms with Gasteiger partial charge in [0.1, 0.15) is 0 Å². The maximum Gasteiger partial charge on any atom is 2.00 e. The molecule has 1 fully saturated rings. The van der Waals surface area contributed by atoms with Crippen LogP contribution in [-0.4, -0.2) is 67.3 Å². The molecule has 5 rings (SSSR count). The van der Waals surface area contributed by atoms with Crippen LogP contribution in [0.15, 0.2) is 100 Å². The van der Waals surface area contributed by atoms with Gasteiger partial charge in [-0.15, -0.1) is 5.76 Å². The van der Waals surface area contributed by atoms with E-state index in [1.54, 1.807) is 13.0 Å². The maximum absolute atomic E-state index is 13.8. The van der Waals surface area contributed by atoms with E-state index in [-0.39, 0.29) is 67.7 Å². The molecule has 0 aromatic heterocycles. The standard InChI is InChI=1S/C37H45N5O9S.Pd/c1-8-22-17(2)25-16-30-33(21(6)43)19(4)27(40-30)14-26-18(3)23(9-10-31(44)45)35(41-26)24(13-32(46)51-7)36-34(37(47)38-11-12-52(48,49)50)20(5)28(42-36)15-29(22)39-25;/h14-18,22-23,39,43H,8-13H2,1-7H3,(H,38,47)(H,44,45)(H,48,49,50);/q;+2/p-4/t17-,18+,22-,23+;/m1./s1. The van der Waals surface area contributed by atoms with Gasteiger partial charge < -0.3 is 34.7 Å². The normalized spacial score (nSPS) is 25.2. The van der Waals surface area contributed by atoms with Crippen molar-refractivity contribution in [3.05, 3.63) is 80.3 Å². The summed E-state index contributed by atoms with van der Waals surface area (Å²) in [7, 11) is -3.46. The van der Waals surface area contributed by atoms with E-state index in [1.807, 2.05) is 32.9 Å². The van der Waals surface area contributed by atoms with Crippen molar-refractivity contribution in [2.24, 2.45) is 43.6 Å². The van der Waals surface area contributed by atoms with Crippen LogP contribution in [0, 0.1) is 23.7 Å². The van der Waals surface area contributed by atoms with Crippen LogP contribution in [-0.2, 0) is 44.9 Å². The summed E-state index contributed by atoms with van der Waals surface area (Å²) < 4.78 is 39.0. The van der Waals surface area contributed by atoms with Gasteiger partial charge in [0, 0.05) is 57.9 Å². The number of carboxylic acid groups (broad SMARTS) is 1. The van der Waals surface area contributed by atoms with E-state index in [4.69, 9.17) is 19.7 Å². The number of fused-ring (bicyclic) bond motifs is 5. The van der Waals surface area contributed by atoms with Crippen LogP contribution < -0.4 is 20.6 Å². The Morgan fingerprint density at radius 1 is 0.962 bits per heavy atom. The van der Waals surface area contributed by atoms with Crippen LogP contribution in [0.3, 0.4) is 0 Å². The zero-order chi connectivity index (χ0) is 38.2. The predicted octanol–water partition coefficient (Wildman–Crippen LogP) is 1.41. The number of nitrogens with zero attached hydrogens (tertiary/aromatic N) is 4. The van der Waals surface area contributed by atoms with Crippen molar-refractivity contribution in [1.29, 1.82) is 0 Å². The molecule has 0 aromatic rings. The SMILES string of the molecule is CC[C@H]1C2=CC3=NC(=C(CC(=O)OC)C4=NC(=CC5=C(C)C(=C(C)[O-])C(=N5)C=C(N2)[C@@H]1C)[C@@H](C)[C@@H]4CCC(=O)[O-])C(C([O-])=NCCS(=O)(=O)[O-])=C3C.[Pd+2]. The first-order chi connectivity index (χ1) is 24.4. The van der Waals surface area contributed by atoms with Gasteiger partial charge in [0.15, 0.2) is 0 Å². The quantitative estimate of drug-likeness (QED) is 0.0830. The summed E-state index contributed by atoms with van der Waals surface area (Å²) in [6.07, 6.45) is 5.50. The molecule has 14 nitrogen and oxygen atoms in total. The van der Waals surface area contributed by atoms with Crippen molar-refractivity contribution in [3.8, 4) is 0 Å². The Bertz CT molecular complexity index is 2080. The third-order valence-corrected chi connectivity index (χ3v) is 10.9. The molecule has 0 aromatic carbocycles. The average Bonchev–Trinajstić information content (AvgIpc) is 3.74. The van der Waals surface area contributed by atoms with E-state index >= 15 is 0 Å². The van der Waals surface area contributed by atoms with Gasteiger partial charge in [-0.2, -0.15) is 0 Å². The second-order valence-electron chi connectivity index (χ2n) is 13.5. The monoisotopic (exact) mass is 837 g/mol. The fourth-order valence-electron chi connectivity index (χ4n) is 7.38. The molecule has 5 heterocycles. The molecular formula is C37H41N5O9PdS-2. The van der Waals surface area contributed by atoms with Crippen molar-refractivity contribution in [2.45, 2.75) is 67.2 Å². The maximum atomic E-state index is 13.8. The summed E-state index contributed by atoms with van der Waals surface area (Å²) in [5, 5.41) is 42.1. The summed E-state index contributed by atoms with van der Waals surface area (Å²) in [5.74, 6) is -4.88. The molecule has 286 valence electrons. The molecule has 53 heavy (non-hydrogen) atoms. The molecule has 16 heteroatoms. The Kier molecular flexibility index (Phi) is 12.9. The van der Waals surface area contributed by atoms with Crippen molar-refractivity contribution >= 4 is 45.1 Å². The van der Waals surface area contributed by atoms with E-state index in [2.05, 4.69) is 17.2 Å². The number of hydrogen-bond acceptors (Lipinski definition) is 14. The van der Waals surface area contributed by atoms with Gasteiger partial charge in [0.25, 0.3) is 0 Å². The van der Waals surface area contributed by atoms with Crippen molar-refractivity contribution in [3.63, 3.8) is 0 Å². The molecule has 0 amide bonds. The van der Waals surface area contributed by atoms with Gasteiger partial charge in [0.05, 0.1) is 64.5 Å². The number of ether oxygens (including phenoxy) is 1. The minimum Gasteiger partial charge on any atom is -0.875 e. The van der Waals surface area contributed by atoms with Crippen LogP contribution in [0.4, 0.5) is 0 Å². The van der Waals surface area contributed by atoms with Gasteiger partial charge in [-0.25, -0.2) is 18.4 Å². The van der Waals surface area contributed by atoms with E-state index in [0.29, 0.717) is 45.2 Å². The minimum absolute atomic E-state index is 0. The van der Waals surface area contributed by atoms with E-state index in [0.717, 1.165) is 17.8 Å². The number of allylic oxidation sites excluding steroid dienone is 10. The number of hydrogen-bond donors (Lipinski definition) is 1. The van der Waals surface area contributed by atoms with Crippen LogP contribution in [0.2, 0.25) is 0 Å². The van der Waals surface area contributed by atoms with Crippen molar-refractivity contribution < 1.29 is 63.0 Å². The number of nitrogens with one attached hydrogen (secondary N) is 1. The second kappa shape index (κ2) is 16.4. The third kappa shape index (κ3) is 8.62. The Labute approximate surface area is 322 Å². The Morgan fingerprint density at radius 3 is 2.25 bits per heavy atom.